The van der Waals surface area contributed by atoms with Crippen LogP contribution in [0.1, 0.15) is 40.9 Å². The van der Waals surface area contributed by atoms with Gasteiger partial charge in [-0.3, -0.25) is 4.79 Å². The first kappa shape index (κ1) is 20.2. The average Bonchev–Trinajstić information content (AvgIpc) is 3.13. The Bertz CT molecular complexity index is 1050. The SMILES string of the molecule is O=C(c1cccc(C(F)(F)F)c1Cl)N1N=C(c2ccncn2)N2CC3CCCC(N3)C21. The normalized spacial score (nSPS) is 25.3. The van der Waals surface area contributed by atoms with Gasteiger partial charge in [0.25, 0.3) is 5.91 Å². The zero-order valence-electron chi connectivity index (χ0n) is 16.2. The maximum atomic E-state index is 13.4. The Balaban J connectivity index is 1.57. The lowest BCUT2D eigenvalue weighted by atomic mass is 9.91. The molecule has 1 amide bonds. The maximum absolute atomic E-state index is 13.4. The van der Waals surface area contributed by atoms with Crippen LogP contribution in [0.4, 0.5) is 13.2 Å². The highest BCUT2D eigenvalue weighted by atomic mass is 35.5. The van der Waals surface area contributed by atoms with Crippen LogP contribution in [0.2, 0.25) is 5.02 Å². The molecule has 3 aliphatic rings. The summed E-state index contributed by atoms with van der Waals surface area (Å²) in [7, 11) is 0. The number of aromatic nitrogens is 2. The topological polar surface area (TPSA) is 73.7 Å². The quantitative estimate of drug-likeness (QED) is 0.761. The molecular weight excluding hydrogens is 433 g/mol. The summed E-state index contributed by atoms with van der Waals surface area (Å²) < 4.78 is 40.0. The van der Waals surface area contributed by atoms with Crippen molar-refractivity contribution >= 4 is 23.3 Å². The lowest BCUT2D eigenvalue weighted by Crippen LogP contribution is -2.67. The molecule has 31 heavy (non-hydrogen) atoms. The van der Waals surface area contributed by atoms with Crippen LogP contribution < -0.4 is 5.32 Å². The monoisotopic (exact) mass is 450 g/mol. The summed E-state index contributed by atoms with van der Waals surface area (Å²) >= 11 is 6.03. The number of fused-ring (bicyclic) bond motifs is 4. The van der Waals surface area contributed by atoms with Crippen molar-refractivity contribution in [3.8, 4) is 0 Å². The molecule has 11 heteroatoms. The number of nitrogens with zero attached hydrogens (tertiary/aromatic N) is 5. The van der Waals surface area contributed by atoms with Crippen LogP contribution in [-0.4, -0.2) is 56.4 Å². The third-order valence-corrected chi connectivity index (χ3v) is 6.30. The molecule has 1 aromatic carbocycles. The molecule has 0 aliphatic carbocycles. The standard InChI is InChI=1S/C20H18ClF3N6O/c21-16-12(4-2-5-13(16)20(22,23)24)19(31)30-18-15-6-1-3-11(27-15)9-29(18)17(28-30)14-7-8-25-10-26-14/h2,4-5,7-8,10-11,15,18,27H,1,3,6,9H2. The fourth-order valence-corrected chi connectivity index (χ4v) is 4.87. The van der Waals surface area contributed by atoms with Crippen molar-refractivity contribution in [2.45, 2.75) is 43.7 Å². The highest BCUT2D eigenvalue weighted by Gasteiger charge is 2.49. The van der Waals surface area contributed by atoms with Crippen molar-refractivity contribution in [1.29, 1.82) is 0 Å². The molecule has 3 aliphatic heterocycles. The lowest BCUT2D eigenvalue weighted by molar-refractivity contribution is -0.137. The van der Waals surface area contributed by atoms with Crippen LogP contribution in [-0.2, 0) is 6.18 Å². The van der Waals surface area contributed by atoms with Crippen LogP contribution in [0.3, 0.4) is 0 Å². The van der Waals surface area contributed by atoms with E-state index in [1.165, 1.54) is 23.5 Å². The van der Waals surface area contributed by atoms with E-state index in [1.807, 2.05) is 4.90 Å². The van der Waals surface area contributed by atoms with Gasteiger partial charge in [-0.15, -0.1) is 5.10 Å². The molecule has 2 fully saturated rings. The first-order valence-corrected chi connectivity index (χ1v) is 10.3. The summed E-state index contributed by atoms with van der Waals surface area (Å²) in [5.74, 6) is -0.178. The minimum atomic E-state index is -4.66. The average molecular weight is 451 g/mol. The van der Waals surface area contributed by atoms with Crippen molar-refractivity contribution < 1.29 is 18.0 Å². The van der Waals surface area contributed by atoms with Crippen LogP contribution in [0.15, 0.2) is 41.9 Å². The minimum Gasteiger partial charge on any atom is -0.328 e. The Morgan fingerprint density at radius 3 is 2.81 bits per heavy atom. The van der Waals surface area contributed by atoms with Crippen LogP contribution in [0.5, 0.6) is 0 Å². The van der Waals surface area contributed by atoms with Gasteiger partial charge < -0.3 is 10.2 Å². The number of amidine groups is 1. The van der Waals surface area contributed by atoms with Crippen molar-refractivity contribution in [3.05, 3.63) is 58.6 Å². The molecule has 4 heterocycles. The second-order valence-corrected chi connectivity index (χ2v) is 8.18. The van der Waals surface area contributed by atoms with E-state index < -0.39 is 28.8 Å². The summed E-state index contributed by atoms with van der Waals surface area (Å²) in [6, 6.07) is 5.21. The fraction of sp³-hybridized carbons (Fsp3) is 0.400. The number of nitrogens with one attached hydrogen (secondary N) is 1. The number of alkyl halides is 3. The van der Waals surface area contributed by atoms with E-state index in [4.69, 9.17) is 11.6 Å². The summed E-state index contributed by atoms with van der Waals surface area (Å²) in [5, 5.41) is 8.68. The minimum absolute atomic E-state index is 0.0656. The molecule has 1 aromatic heterocycles. The number of hydrazone groups is 1. The van der Waals surface area contributed by atoms with E-state index in [1.54, 1.807) is 12.3 Å². The van der Waals surface area contributed by atoms with E-state index in [0.717, 1.165) is 25.3 Å². The molecular formula is C20H18ClF3N6O. The number of rotatable bonds is 2. The number of hydrogen-bond donors (Lipinski definition) is 1. The third kappa shape index (κ3) is 3.43. The zero-order chi connectivity index (χ0) is 21.8. The van der Waals surface area contributed by atoms with Crippen molar-refractivity contribution in [2.24, 2.45) is 5.10 Å². The Hall–Kier alpha value is -2.72. The molecule has 3 atom stereocenters. The summed E-state index contributed by atoms with van der Waals surface area (Å²) in [6.45, 7) is 0.615. The Kier molecular flexibility index (Phi) is 4.86. The van der Waals surface area contributed by atoms with Crippen molar-refractivity contribution in [2.75, 3.05) is 6.54 Å². The number of piperazine rings is 1. The first-order valence-electron chi connectivity index (χ1n) is 9.91. The van der Waals surface area contributed by atoms with Crippen molar-refractivity contribution in [3.63, 3.8) is 0 Å². The van der Waals surface area contributed by atoms with E-state index in [0.29, 0.717) is 18.1 Å². The molecule has 162 valence electrons. The Labute approximate surface area is 180 Å². The van der Waals surface area contributed by atoms with Crippen molar-refractivity contribution in [1.82, 2.24) is 25.2 Å². The van der Waals surface area contributed by atoms with E-state index >= 15 is 0 Å². The van der Waals surface area contributed by atoms with Gasteiger partial charge in [-0.25, -0.2) is 15.0 Å². The largest absolute Gasteiger partial charge is 0.417 e. The first-order chi connectivity index (χ1) is 14.8. The highest BCUT2D eigenvalue weighted by molar-refractivity contribution is 6.34. The van der Waals surface area contributed by atoms with Gasteiger partial charge in [0.15, 0.2) is 5.84 Å². The Morgan fingerprint density at radius 1 is 1.23 bits per heavy atom. The van der Waals surface area contributed by atoms with Gasteiger partial charge in [0.1, 0.15) is 18.2 Å². The van der Waals surface area contributed by atoms with E-state index in [2.05, 4.69) is 20.4 Å². The molecule has 2 saturated heterocycles. The summed E-state index contributed by atoms with van der Waals surface area (Å²) in [6.07, 6.45) is 0.667. The molecule has 2 bridgehead atoms. The number of amides is 1. The molecule has 0 radical (unpaired) electrons. The van der Waals surface area contributed by atoms with Crippen LogP contribution in [0, 0.1) is 0 Å². The molecule has 2 aromatic rings. The van der Waals surface area contributed by atoms with Gasteiger partial charge in [-0.1, -0.05) is 24.1 Å². The molecule has 7 nitrogen and oxygen atoms in total. The predicted octanol–water partition coefficient (Wildman–Crippen LogP) is 3.12. The second kappa shape index (κ2) is 7.45. The van der Waals surface area contributed by atoms with Gasteiger partial charge in [0.2, 0.25) is 0 Å². The van der Waals surface area contributed by atoms with Gasteiger partial charge in [0, 0.05) is 24.8 Å². The summed E-state index contributed by atoms with van der Waals surface area (Å²) in [5.41, 5.74) is -0.733. The number of carbonyl (C=O) groups excluding carboxylic acids is 1. The van der Waals surface area contributed by atoms with E-state index in [-0.39, 0.29) is 17.6 Å². The third-order valence-electron chi connectivity index (χ3n) is 5.89. The molecule has 3 unspecified atom stereocenters. The lowest BCUT2D eigenvalue weighted by Gasteiger charge is -2.47. The second-order valence-electron chi connectivity index (χ2n) is 7.80. The van der Waals surface area contributed by atoms with Gasteiger partial charge in [-0.05, 0) is 31.0 Å². The number of benzene rings is 1. The van der Waals surface area contributed by atoms with Gasteiger partial charge in [-0.2, -0.15) is 13.2 Å². The van der Waals surface area contributed by atoms with Gasteiger partial charge >= 0.3 is 6.18 Å². The maximum Gasteiger partial charge on any atom is 0.417 e. The fourth-order valence-electron chi connectivity index (χ4n) is 4.55. The predicted molar refractivity (Wildman–Crippen MR) is 106 cm³/mol. The Morgan fingerprint density at radius 2 is 2.06 bits per heavy atom. The smallest absolute Gasteiger partial charge is 0.328 e. The number of hydrogen-bond acceptors (Lipinski definition) is 6. The van der Waals surface area contributed by atoms with Gasteiger partial charge in [0.05, 0.1) is 16.1 Å². The number of halogens is 4. The molecule has 5 rings (SSSR count). The number of carbonyl (C=O) groups is 1. The van der Waals surface area contributed by atoms with Crippen LogP contribution in [0.25, 0.3) is 0 Å². The molecule has 0 saturated carbocycles. The highest BCUT2D eigenvalue weighted by Crippen LogP contribution is 2.38. The van der Waals surface area contributed by atoms with E-state index in [9.17, 15) is 18.0 Å². The van der Waals surface area contributed by atoms with Crippen LogP contribution >= 0.6 is 11.6 Å². The summed E-state index contributed by atoms with van der Waals surface area (Å²) in [4.78, 5) is 23.6. The number of piperidine rings is 1. The molecule has 1 N–H and O–H groups in total. The molecule has 0 spiro atoms. The zero-order valence-corrected chi connectivity index (χ0v) is 16.9.